The van der Waals surface area contributed by atoms with Crippen molar-refractivity contribution >= 4 is 17.9 Å². The molecule has 92 valence electrons. The molecule has 0 bridgehead atoms. The minimum absolute atomic E-state index is 0.334. The monoisotopic (exact) mass is 231 g/mol. The maximum absolute atomic E-state index is 11.3. The molecule has 0 aromatic rings. The summed E-state index contributed by atoms with van der Waals surface area (Å²) in [6.45, 7) is 5.92. The molecule has 0 saturated heterocycles. The smallest absolute Gasteiger partial charge is 0.408 e. The van der Waals surface area contributed by atoms with Gasteiger partial charge < -0.3 is 5.11 Å². The second-order valence-corrected chi connectivity index (χ2v) is 4.27. The SMILES string of the molecule is CC(=O)NNC(=O)CN(C(=O)O)C(C)(C)C. The van der Waals surface area contributed by atoms with Gasteiger partial charge in [-0.3, -0.25) is 25.3 Å². The highest BCUT2D eigenvalue weighted by Crippen LogP contribution is 2.12. The van der Waals surface area contributed by atoms with Crippen LogP contribution in [-0.4, -0.2) is 40.0 Å². The lowest BCUT2D eigenvalue weighted by Crippen LogP contribution is -2.52. The lowest BCUT2D eigenvalue weighted by atomic mass is 10.1. The molecular formula is C9H17N3O4. The number of hydrazine groups is 1. The van der Waals surface area contributed by atoms with E-state index in [2.05, 4.69) is 10.9 Å². The molecule has 0 radical (unpaired) electrons. The molecule has 0 aromatic heterocycles. The van der Waals surface area contributed by atoms with Gasteiger partial charge in [-0.25, -0.2) is 4.79 Å². The van der Waals surface area contributed by atoms with E-state index >= 15 is 0 Å². The number of nitrogens with one attached hydrogen (secondary N) is 2. The van der Waals surface area contributed by atoms with Crippen LogP contribution in [0.4, 0.5) is 4.79 Å². The second-order valence-electron chi connectivity index (χ2n) is 4.27. The first-order valence-corrected chi connectivity index (χ1v) is 4.70. The highest BCUT2D eigenvalue weighted by molar-refractivity contribution is 5.84. The number of carboxylic acid groups (broad SMARTS) is 1. The lowest BCUT2D eigenvalue weighted by molar-refractivity contribution is -0.128. The van der Waals surface area contributed by atoms with E-state index in [4.69, 9.17) is 5.11 Å². The largest absolute Gasteiger partial charge is 0.465 e. The van der Waals surface area contributed by atoms with Crippen molar-refractivity contribution in [2.24, 2.45) is 0 Å². The molecule has 0 aliphatic heterocycles. The molecule has 7 nitrogen and oxygen atoms in total. The van der Waals surface area contributed by atoms with Gasteiger partial charge in [0.25, 0.3) is 5.91 Å². The van der Waals surface area contributed by atoms with Gasteiger partial charge in [0.15, 0.2) is 0 Å². The molecule has 0 aliphatic rings. The van der Waals surface area contributed by atoms with E-state index in [9.17, 15) is 14.4 Å². The predicted octanol–water partition coefficient (Wildman–Crippen LogP) is -0.0678. The van der Waals surface area contributed by atoms with Crippen LogP contribution in [-0.2, 0) is 9.59 Å². The molecule has 0 unspecified atom stereocenters. The lowest BCUT2D eigenvalue weighted by Gasteiger charge is -2.32. The Labute approximate surface area is 93.8 Å². The molecule has 3 amide bonds. The third-order valence-corrected chi connectivity index (χ3v) is 1.72. The summed E-state index contributed by atoms with van der Waals surface area (Å²) >= 11 is 0. The standard InChI is InChI=1S/C9H17N3O4/c1-6(13)10-11-7(14)5-12(8(15)16)9(2,3)4/h5H2,1-4H3,(H,10,13)(H,11,14)(H,15,16). The van der Waals surface area contributed by atoms with Crippen molar-refractivity contribution in [3.8, 4) is 0 Å². The Kier molecular flexibility index (Phi) is 4.74. The molecule has 0 heterocycles. The fourth-order valence-corrected chi connectivity index (χ4v) is 0.933. The maximum Gasteiger partial charge on any atom is 0.408 e. The van der Waals surface area contributed by atoms with Gasteiger partial charge in [-0.1, -0.05) is 0 Å². The van der Waals surface area contributed by atoms with Crippen LogP contribution in [0.15, 0.2) is 0 Å². The van der Waals surface area contributed by atoms with E-state index in [0.717, 1.165) is 4.90 Å². The van der Waals surface area contributed by atoms with Crippen molar-refractivity contribution in [1.29, 1.82) is 0 Å². The Bertz CT molecular complexity index is 296. The second kappa shape index (κ2) is 5.34. The van der Waals surface area contributed by atoms with Crippen LogP contribution in [0.25, 0.3) is 0 Å². The van der Waals surface area contributed by atoms with Crippen molar-refractivity contribution in [2.75, 3.05) is 6.54 Å². The van der Waals surface area contributed by atoms with Crippen molar-refractivity contribution in [3.63, 3.8) is 0 Å². The van der Waals surface area contributed by atoms with Gasteiger partial charge in [0, 0.05) is 12.5 Å². The number of hydrogen-bond donors (Lipinski definition) is 3. The van der Waals surface area contributed by atoms with E-state index in [0.29, 0.717) is 0 Å². The summed E-state index contributed by atoms with van der Waals surface area (Å²) < 4.78 is 0. The summed E-state index contributed by atoms with van der Waals surface area (Å²) in [7, 11) is 0. The number of hydrogen-bond acceptors (Lipinski definition) is 3. The van der Waals surface area contributed by atoms with Gasteiger partial charge in [-0.05, 0) is 20.8 Å². The average molecular weight is 231 g/mol. The molecule has 3 N–H and O–H groups in total. The van der Waals surface area contributed by atoms with Crippen molar-refractivity contribution < 1.29 is 19.5 Å². The Hall–Kier alpha value is -1.79. The number of carbonyl (C=O) groups excluding carboxylic acids is 2. The van der Waals surface area contributed by atoms with Crippen LogP contribution in [0, 0.1) is 0 Å². The Morgan fingerprint density at radius 1 is 1.19 bits per heavy atom. The van der Waals surface area contributed by atoms with E-state index in [1.165, 1.54) is 6.92 Å². The van der Waals surface area contributed by atoms with Crippen molar-refractivity contribution in [2.45, 2.75) is 33.2 Å². The highest BCUT2D eigenvalue weighted by Gasteiger charge is 2.27. The summed E-state index contributed by atoms with van der Waals surface area (Å²) in [5, 5.41) is 8.89. The zero-order valence-electron chi connectivity index (χ0n) is 9.83. The van der Waals surface area contributed by atoms with Crippen molar-refractivity contribution in [1.82, 2.24) is 15.8 Å². The predicted molar refractivity (Wildman–Crippen MR) is 56.4 cm³/mol. The van der Waals surface area contributed by atoms with Gasteiger partial charge in [-0.15, -0.1) is 0 Å². The van der Waals surface area contributed by atoms with Crippen LogP contribution in [0.1, 0.15) is 27.7 Å². The Morgan fingerprint density at radius 3 is 2.00 bits per heavy atom. The number of rotatable bonds is 2. The van der Waals surface area contributed by atoms with Gasteiger partial charge >= 0.3 is 6.09 Å². The molecule has 0 atom stereocenters. The molecule has 0 saturated carbocycles. The van der Waals surface area contributed by atoms with E-state index in [1.807, 2.05) is 0 Å². The van der Waals surface area contributed by atoms with Crippen LogP contribution in [0.5, 0.6) is 0 Å². The third-order valence-electron chi connectivity index (χ3n) is 1.72. The first kappa shape index (κ1) is 14.2. The average Bonchev–Trinajstić information content (AvgIpc) is 2.08. The summed E-state index contributed by atoms with van der Waals surface area (Å²) in [6, 6.07) is 0. The fourth-order valence-electron chi connectivity index (χ4n) is 0.933. The van der Waals surface area contributed by atoms with Crippen LogP contribution in [0.3, 0.4) is 0 Å². The molecule has 0 spiro atoms. The zero-order chi connectivity index (χ0) is 12.9. The van der Waals surface area contributed by atoms with Gasteiger partial charge in [0.1, 0.15) is 6.54 Å². The highest BCUT2D eigenvalue weighted by atomic mass is 16.4. The first-order chi connectivity index (χ1) is 7.14. The molecule has 0 fully saturated rings. The van der Waals surface area contributed by atoms with E-state index in [-0.39, 0.29) is 6.54 Å². The topological polar surface area (TPSA) is 98.7 Å². The number of nitrogens with zero attached hydrogens (tertiary/aromatic N) is 1. The molecule has 0 aliphatic carbocycles. The van der Waals surface area contributed by atoms with Crippen LogP contribution >= 0.6 is 0 Å². The third kappa shape index (κ3) is 5.18. The zero-order valence-corrected chi connectivity index (χ0v) is 9.83. The molecule has 0 aromatic carbocycles. The van der Waals surface area contributed by atoms with Crippen LogP contribution < -0.4 is 10.9 Å². The number of carbonyl (C=O) groups is 3. The van der Waals surface area contributed by atoms with Crippen molar-refractivity contribution in [3.05, 3.63) is 0 Å². The summed E-state index contributed by atoms with van der Waals surface area (Å²) in [6.07, 6.45) is -1.19. The van der Waals surface area contributed by atoms with E-state index in [1.54, 1.807) is 20.8 Å². The van der Waals surface area contributed by atoms with E-state index < -0.39 is 23.4 Å². The molecule has 7 heteroatoms. The first-order valence-electron chi connectivity index (χ1n) is 4.70. The van der Waals surface area contributed by atoms with Gasteiger partial charge in [0.05, 0.1) is 0 Å². The molecule has 0 rings (SSSR count). The molecule has 16 heavy (non-hydrogen) atoms. The minimum atomic E-state index is -1.19. The summed E-state index contributed by atoms with van der Waals surface area (Å²) in [5.74, 6) is -1.02. The Morgan fingerprint density at radius 2 is 1.69 bits per heavy atom. The van der Waals surface area contributed by atoms with Gasteiger partial charge in [0.2, 0.25) is 5.91 Å². The maximum atomic E-state index is 11.3. The quantitative estimate of drug-likeness (QED) is 0.579. The summed E-state index contributed by atoms with van der Waals surface area (Å²) in [5.41, 5.74) is 3.50. The molecular weight excluding hydrogens is 214 g/mol. The van der Waals surface area contributed by atoms with Gasteiger partial charge in [-0.2, -0.15) is 0 Å². The summed E-state index contributed by atoms with van der Waals surface area (Å²) in [4.78, 5) is 33.6. The minimum Gasteiger partial charge on any atom is -0.465 e. The fraction of sp³-hybridized carbons (Fsp3) is 0.667. The normalized spacial score (nSPS) is 10.5. The Balaban J connectivity index is 4.37. The van der Waals surface area contributed by atoms with Crippen LogP contribution in [0.2, 0.25) is 0 Å². The number of amides is 3.